The van der Waals surface area contributed by atoms with Crippen molar-refractivity contribution in [2.45, 2.75) is 0 Å². The molecule has 0 bridgehead atoms. The van der Waals surface area contributed by atoms with E-state index in [0.29, 0.717) is 27.9 Å². The van der Waals surface area contributed by atoms with Crippen molar-refractivity contribution in [3.63, 3.8) is 0 Å². The van der Waals surface area contributed by atoms with Crippen LogP contribution in [-0.2, 0) is 0 Å². The summed E-state index contributed by atoms with van der Waals surface area (Å²) in [5.41, 5.74) is 1.69. The van der Waals surface area contributed by atoms with Crippen LogP contribution in [0.2, 0.25) is 5.02 Å². The highest BCUT2D eigenvalue weighted by atomic mass is 35.5. The van der Waals surface area contributed by atoms with E-state index in [4.69, 9.17) is 37.4 Å². The average Bonchev–Trinajstić information content (AvgIpc) is 3.52. The highest BCUT2D eigenvalue weighted by molar-refractivity contribution is 7.80. The molecule has 34 heavy (non-hydrogen) atoms. The molecule has 4 aromatic rings. The van der Waals surface area contributed by atoms with Gasteiger partial charge in [0.25, 0.3) is 11.8 Å². The zero-order chi connectivity index (χ0) is 24.1. The maximum absolute atomic E-state index is 12.6. The summed E-state index contributed by atoms with van der Waals surface area (Å²) in [5, 5.41) is 8.79. The van der Waals surface area contributed by atoms with Crippen LogP contribution in [0.5, 0.6) is 5.75 Å². The van der Waals surface area contributed by atoms with Crippen molar-refractivity contribution in [2.24, 2.45) is 0 Å². The molecule has 0 aliphatic heterocycles. The molecule has 2 amide bonds. The van der Waals surface area contributed by atoms with Crippen LogP contribution in [0.25, 0.3) is 11.3 Å². The highest BCUT2D eigenvalue weighted by Gasteiger charge is 2.16. The lowest BCUT2D eigenvalue weighted by molar-refractivity contribution is 0.0950. The van der Waals surface area contributed by atoms with E-state index >= 15 is 0 Å². The first-order valence-corrected chi connectivity index (χ1v) is 10.7. The summed E-state index contributed by atoms with van der Waals surface area (Å²) in [5.74, 6) is 0.285. The molecule has 2 aromatic heterocycles. The molecule has 2 aromatic carbocycles. The van der Waals surface area contributed by atoms with Gasteiger partial charge in [-0.2, -0.15) is 0 Å². The Labute approximate surface area is 204 Å². The average molecular weight is 496 g/mol. The molecule has 10 heteroatoms. The van der Waals surface area contributed by atoms with E-state index in [1.54, 1.807) is 66.7 Å². The molecule has 0 radical (unpaired) electrons. The van der Waals surface area contributed by atoms with Crippen LogP contribution in [0.1, 0.15) is 21.1 Å². The van der Waals surface area contributed by atoms with Crippen LogP contribution in [0, 0.1) is 0 Å². The number of benzene rings is 2. The molecule has 2 heterocycles. The van der Waals surface area contributed by atoms with Crippen molar-refractivity contribution in [2.75, 3.05) is 17.7 Å². The molecule has 0 saturated carbocycles. The van der Waals surface area contributed by atoms with Crippen LogP contribution in [0.15, 0.2) is 81.8 Å². The predicted molar refractivity (Wildman–Crippen MR) is 132 cm³/mol. The fourth-order valence-corrected chi connectivity index (χ4v) is 3.36. The van der Waals surface area contributed by atoms with Gasteiger partial charge in [0.05, 0.1) is 19.1 Å². The summed E-state index contributed by atoms with van der Waals surface area (Å²) in [6, 6.07) is 18.4. The van der Waals surface area contributed by atoms with E-state index in [-0.39, 0.29) is 16.6 Å². The lowest BCUT2D eigenvalue weighted by atomic mass is 10.2. The summed E-state index contributed by atoms with van der Waals surface area (Å²) < 4.78 is 16.1. The minimum Gasteiger partial charge on any atom is -0.495 e. The summed E-state index contributed by atoms with van der Waals surface area (Å²) in [6.45, 7) is 0. The van der Waals surface area contributed by atoms with Crippen LogP contribution in [-0.4, -0.2) is 24.0 Å². The Bertz CT molecular complexity index is 1330. The van der Waals surface area contributed by atoms with Crippen molar-refractivity contribution < 1.29 is 23.2 Å². The minimum absolute atomic E-state index is 0.0160. The standard InChI is InChI=1S/C24H18ClN3O5S/c1-31-19-9-8-16(26-22(29)20-3-2-12-32-20)13-17(19)27-24(34)28-23(30)21-11-10-18(33-21)14-4-6-15(25)7-5-14/h2-13H,1H3,(H,26,29)(H2,27,28,30,34). The first kappa shape index (κ1) is 23.1. The number of anilines is 2. The molecule has 0 aliphatic rings. The van der Waals surface area contributed by atoms with E-state index in [1.807, 2.05) is 0 Å². The number of rotatable bonds is 6. The Morgan fingerprint density at radius 3 is 2.44 bits per heavy atom. The molecule has 0 saturated heterocycles. The van der Waals surface area contributed by atoms with E-state index in [2.05, 4.69) is 16.0 Å². The number of furan rings is 2. The number of hydrogen-bond donors (Lipinski definition) is 3. The smallest absolute Gasteiger partial charge is 0.293 e. The van der Waals surface area contributed by atoms with Crippen molar-refractivity contribution in [1.29, 1.82) is 0 Å². The molecule has 0 fully saturated rings. The number of carbonyl (C=O) groups excluding carboxylic acids is 2. The van der Waals surface area contributed by atoms with Gasteiger partial charge < -0.3 is 24.2 Å². The molecule has 172 valence electrons. The third-order valence-corrected chi connectivity index (χ3v) is 5.09. The SMILES string of the molecule is COc1ccc(NC(=O)c2ccco2)cc1NC(=S)NC(=O)c1ccc(-c2ccc(Cl)cc2)o1. The lowest BCUT2D eigenvalue weighted by Crippen LogP contribution is -2.34. The molecule has 0 aliphatic carbocycles. The van der Waals surface area contributed by atoms with Gasteiger partial charge in [0.15, 0.2) is 16.6 Å². The molecule has 0 atom stereocenters. The van der Waals surface area contributed by atoms with E-state index in [0.717, 1.165) is 5.56 Å². The van der Waals surface area contributed by atoms with Gasteiger partial charge in [-0.15, -0.1) is 0 Å². The number of hydrogen-bond acceptors (Lipinski definition) is 6. The van der Waals surface area contributed by atoms with Crippen molar-refractivity contribution in [1.82, 2.24) is 5.32 Å². The first-order chi connectivity index (χ1) is 16.4. The first-order valence-electron chi connectivity index (χ1n) is 9.94. The molecule has 0 spiro atoms. The largest absolute Gasteiger partial charge is 0.495 e. The van der Waals surface area contributed by atoms with Gasteiger partial charge in [-0.25, -0.2) is 0 Å². The summed E-state index contributed by atoms with van der Waals surface area (Å²) in [4.78, 5) is 24.8. The topological polar surface area (TPSA) is 106 Å². The molecule has 3 N–H and O–H groups in total. The number of carbonyl (C=O) groups is 2. The third-order valence-electron chi connectivity index (χ3n) is 4.64. The maximum atomic E-state index is 12.6. The van der Waals surface area contributed by atoms with Crippen LogP contribution < -0.4 is 20.7 Å². The number of methoxy groups -OCH3 is 1. The zero-order valence-electron chi connectivity index (χ0n) is 17.8. The maximum Gasteiger partial charge on any atom is 0.293 e. The molecular weight excluding hydrogens is 478 g/mol. The Balaban J connectivity index is 1.42. The molecule has 0 unspecified atom stereocenters. The summed E-state index contributed by atoms with van der Waals surface area (Å²) in [6.07, 6.45) is 1.41. The second-order valence-electron chi connectivity index (χ2n) is 6.93. The normalized spacial score (nSPS) is 10.4. The van der Waals surface area contributed by atoms with Gasteiger partial charge in [-0.05, 0) is 78.9 Å². The second kappa shape index (κ2) is 10.2. The van der Waals surface area contributed by atoms with Crippen molar-refractivity contribution in [3.05, 3.63) is 89.5 Å². The second-order valence-corrected chi connectivity index (χ2v) is 7.77. The van der Waals surface area contributed by atoms with Gasteiger partial charge in [-0.1, -0.05) is 11.6 Å². The quantitative estimate of drug-likeness (QED) is 0.300. The van der Waals surface area contributed by atoms with Gasteiger partial charge in [0.2, 0.25) is 0 Å². The van der Waals surface area contributed by atoms with Crippen molar-refractivity contribution >= 4 is 52.1 Å². The number of ether oxygens (including phenoxy) is 1. The molecule has 8 nitrogen and oxygen atoms in total. The zero-order valence-corrected chi connectivity index (χ0v) is 19.3. The van der Waals surface area contributed by atoms with Gasteiger partial charge in [-0.3, -0.25) is 14.9 Å². The van der Waals surface area contributed by atoms with E-state index < -0.39 is 11.8 Å². The summed E-state index contributed by atoms with van der Waals surface area (Å²) in [7, 11) is 1.49. The molecular formula is C24H18ClN3O5S. The number of amides is 2. The monoisotopic (exact) mass is 495 g/mol. The van der Waals surface area contributed by atoms with E-state index in [1.165, 1.54) is 13.4 Å². The number of halogens is 1. The Kier molecular flexibility index (Phi) is 6.95. The predicted octanol–water partition coefficient (Wildman–Crippen LogP) is 5.58. The highest BCUT2D eigenvalue weighted by Crippen LogP contribution is 2.28. The summed E-state index contributed by atoms with van der Waals surface area (Å²) >= 11 is 11.2. The number of nitrogens with one attached hydrogen (secondary N) is 3. The number of thiocarbonyl (C=S) groups is 1. The van der Waals surface area contributed by atoms with Crippen molar-refractivity contribution in [3.8, 4) is 17.1 Å². The van der Waals surface area contributed by atoms with E-state index in [9.17, 15) is 9.59 Å². The Morgan fingerprint density at radius 2 is 1.74 bits per heavy atom. The van der Waals surface area contributed by atoms with Gasteiger partial charge >= 0.3 is 0 Å². The molecule has 4 rings (SSSR count). The fourth-order valence-electron chi connectivity index (χ4n) is 3.03. The third kappa shape index (κ3) is 5.45. The van der Waals surface area contributed by atoms with Crippen LogP contribution in [0.3, 0.4) is 0 Å². The Morgan fingerprint density at radius 1 is 0.941 bits per heavy atom. The lowest BCUT2D eigenvalue weighted by Gasteiger charge is -2.14. The van der Waals surface area contributed by atoms with Gasteiger partial charge in [0.1, 0.15) is 11.5 Å². The minimum atomic E-state index is -0.529. The Hall–Kier alpha value is -4.08. The van der Waals surface area contributed by atoms with Crippen LogP contribution in [0.4, 0.5) is 11.4 Å². The fraction of sp³-hybridized carbons (Fsp3) is 0.0417. The van der Waals surface area contributed by atoms with Gasteiger partial charge in [0, 0.05) is 16.3 Å². The van der Waals surface area contributed by atoms with Crippen LogP contribution >= 0.6 is 23.8 Å².